The SMILES string of the molecule is COc1ccccc1C(=O)N1CCN(Cc2c(-c3ccc(C)cc3)nc3ccccn23)CC1. The smallest absolute Gasteiger partial charge is 0.257 e. The van der Waals surface area contributed by atoms with Crippen molar-refractivity contribution in [1.82, 2.24) is 19.2 Å². The van der Waals surface area contributed by atoms with Crippen molar-refractivity contribution < 1.29 is 9.53 Å². The quantitative estimate of drug-likeness (QED) is 0.465. The maximum Gasteiger partial charge on any atom is 0.257 e. The van der Waals surface area contributed by atoms with Crippen molar-refractivity contribution in [3.05, 3.63) is 89.7 Å². The van der Waals surface area contributed by atoms with Gasteiger partial charge in [-0.05, 0) is 31.2 Å². The summed E-state index contributed by atoms with van der Waals surface area (Å²) in [4.78, 5) is 22.3. The van der Waals surface area contributed by atoms with Gasteiger partial charge in [0.2, 0.25) is 0 Å². The van der Waals surface area contributed by atoms with Crippen molar-refractivity contribution >= 4 is 11.6 Å². The second-order valence-corrected chi connectivity index (χ2v) is 8.47. The van der Waals surface area contributed by atoms with Gasteiger partial charge in [-0.3, -0.25) is 9.69 Å². The molecule has 0 unspecified atom stereocenters. The number of aromatic nitrogens is 2. The standard InChI is InChI=1S/C27H28N4O2/c1-20-10-12-21(13-11-20)26-23(31-14-6-5-9-25(31)28-26)19-29-15-17-30(18-16-29)27(32)22-7-3-4-8-24(22)33-2/h3-14H,15-19H2,1-2H3. The van der Waals surface area contributed by atoms with Crippen LogP contribution >= 0.6 is 0 Å². The molecule has 0 bridgehead atoms. The summed E-state index contributed by atoms with van der Waals surface area (Å²) >= 11 is 0. The summed E-state index contributed by atoms with van der Waals surface area (Å²) in [6, 6.07) is 22.1. The summed E-state index contributed by atoms with van der Waals surface area (Å²) in [6.45, 7) is 5.88. The van der Waals surface area contributed by atoms with E-state index in [1.54, 1.807) is 7.11 Å². The Labute approximate surface area is 194 Å². The molecule has 0 aliphatic carbocycles. The van der Waals surface area contributed by atoms with E-state index >= 15 is 0 Å². The fraction of sp³-hybridized carbons (Fsp3) is 0.259. The second kappa shape index (κ2) is 9.08. The number of benzene rings is 2. The summed E-state index contributed by atoms with van der Waals surface area (Å²) in [7, 11) is 1.60. The minimum atomic E-state index is 0.0299. The summed E-state index contributed by atoms with van der Waals surface area (Å²) in [5, 5.41) is 0. The number of para-hydroxylation sites is 1. The number of piperazine rings is 1. The highest BCUT2D eigenvalue weighted by molar-refractivity contribution is 5.97. The van der Waals surface area contributed by atoms with Gasteiger partial charge in [0.25, 0.3) is 5.91 Å². The van der Waals surface area contributed by atoms with Gasteiger partial charge in [0.15, 0.2) is 0 Å². The van der Waals surface area contributed by atoms with Crippen molar-refractivity contribution in [2.45, 2.75) is 13.5 Å². The van der Waals surface area contributed by atoms with E-state index in [0.29, 0.717) is 24.4 Å². The van der Waals surface area contributed by atoms with Crippen LogP contribution in [0.1, 0.15) is 21.6 Å². The van der Waals surface area contributed by atoms with Gasteiger partial charge in [-0.15, -0.1) is 0 Å². The van der Waals surface area contributed by atoms with E-state index in [1.807, 2.05) is 47.4 Å². The lowest BCUT2D eigenvalue weighted by Crippen LogP contribution is -2.48. The highest BCUT2D eigenvalue weighted by Crippen LogP contribution is 2.27. The van der Waals surface area contributed by atoms with Crippen LogP contribution in [0, 0.1) is 6.92 Å². The Kier molecular flexibility index (Phi) is 5.84. The number of nitrogens with zero attached hydrogens (tertiary/aromatic N) is 4. The number of pyridine rings is 1. The number of methoxy groups -OCH3 is 1. The topological polar surface area (TPSA) is 50.1 Å². The summed E-state index contributed by atoms with van der Waals surface area (Å²) in [6.07, 6.45) is 2.08. The van der Waals surface area contributed by atoms with Gasteiger partial charge in [-0.25, -0.2) is 4.98 Å². The van der Waals surface area contributed by atoms with Gasteiger partial charge < -0.3 is 14.0 Å². The Morgan fingerprint density at radius 3 is 2.42 bits per heavy atom. The van der Waals surface area contributed by atoms with Crippen LogP contribution in [0.25, 0.3) is 16.9 Å². The first-order chi connectivity index (χ1) is 16.1. The maximum absolute atomic E-state index is 13.1. The molecule has 2 aromatic carbocycles. The number of fused-ring (bicyclic) bond motifs is 1. The average molecular weight is 441 g/mol. The molecule has 3 heterocycles. The fourth-order valence-electron chi connectivity index (χ4n) is 4.45. The molecule has 33 heavy (non-hydrogen) atoms. The number of aryl methyl sites for hydroxylation is 1. The zero-order valence-corrected chi connectivity index (χ0v) is 19.1. The van der Waals surface area contributed by atoms with E-state index in [0.717, 1.165) is 36.5 Å². The number of hydrogen-bond donors (Lipinski definition) is 0. The normalized spacial score (nSPS) is 14.5. The monoisotopic (exact) mass is 440 g/mol. The van der Waals surface area contributed by atoms with Crippen LogP contribution in [-0.2, 0) is 6.54 Å². The first kappa shape index (κ1) is 21.2. The molecule has 1 aliphatic rings. The minimum absolute atomic E-state index is 0.0299. The lowest BCUT2D eigenvalue weighted by Gasteiger charge is -2.35. The number of imidazole rings is 1. The Morgan fingerprint density at radius 2 is 1.67 bits per heavy atom. The maximum atomic E-state index is 13.1. The van der Waals surface area contributed by atoms with E-state index in [1.165, 1.54) is 11.3 Å². The van der Waals surface area contributed by atoms with Crippen molar-refractivity contribution in [1.29, 1.82) is 0 Å². The molecule has 1 aliphatic heterocycles. The Morgan fingerprint density at radius 1 is 0.939 bits per heavy atom. The van der Waals surface area contributed by atoms with E-state index in [-0.39, 0.29) is 5.91 Å². The van der Waals surface area contributed by atoms with Crippen LogP contribution < -0.4 is 4.74 Å². The molecule has 6 heteroatoms. The molecule has 0 atom stereocenters. The van der Waals surface area contributed by atoms with Crippen molar-refractivity contribution in [3.8, 4) is 17.0 Å². The van der Waals surface area contributed by atoms with Gasteiger partial charge in [-0.2, -0.15) is 0 Å². The zero-order chi connectivity index (χ0) is 22.8. The van der Waals surface area contributed by atoms with Crippen LogP contribution in [0.3, 0.4) is 0 Å². The number of carbonyl (C=O) groups excluding carboxylic acids is 1. The molecule has 1 saturated heterocycles. The van der Waals surface area contributed by atoms with Crippen molar-refractivity contribution in [2.75, 3.05) is 33.3 Å². The van der Waals surface area contributed by atoms with Crippen LogP contribution in [0.15, 0.2) is 72.9 Å². The van der Waals surface area contributed by atoms with Crippen molar-refractivity contribution in [2.24, 2.45) is 0 Å². The Hall–Kier alpha value is -3.64. The van der Waals surface area contributed by atoms with E-state index in [9.17, 15) is 4.79 Å². The summed E-state index contributed by atoms with van der Waals surface area (Å²) in [5.41, 5.74) is 6.14. The highest BCUT2D eigenvalue weighted by Gasteiger charge is 2.25. The lowest BCUT2D eigenvalue weighted by molar-refractivity contribution is 0.0623. The molecule has 0 saturated carbocycles. The molecule has 1 amide bonds. The molecule has 0 spiro atoms. The molecule has 6 nitrogen and oxygen atoms in total. The van der Waals surface area contributed by atoms with Gasteiger partial charge in [0.1, 0.15) is 11.4 Å². The average Bonchev–Trinajstić information content (AvgIpc) is 3.23. The van der Waals surface area contributed by atoms with E-state index in [4.69, 9.17) is 9.72 Å². The minimum Gasteiger partial charge on any atom is -0.496 e. The highest BCUT2D eigenvalue weighted by atomic mass is 16.5. The van der Waals surface area contributed by atoms with Crippen LogP contribution in [0.4, 0.5) is 0 Å². The molecular formula is C27H28N4O2. The van der Waals surface area contributed by atoms with Crippen LogP contribution in [-0.4, -0.2) is 58.4 Å². The molecule has 0 radical (unpaired) electrons. The molecule has 1 fully saturated rings. The second-order valence-electron chi connectivity index (χ2n) is 8.47. The molecule has 0 N–H and O–H groups in total. The molecule has 168 valence electrons. The number of ether oxygens (including phenoxy) is 1. The van der Waals surface area contributed by atoms with Gasteiger partial charge in [0.05, 0.1) is 24.1 Å². The zero-order valence-electron chi connectivity index (χ0n) is 19.1. The van der Waals surface area contributed by atoms with Crippen LogP contribution in [0.5, 0.6) is 5.75 Å². The van der Waals surface area contributed by atoms with Gasteiger partial charge >= 0.3 is 0 Å². The first-order valence-electron chi connectivity index (χ1n) is 11.3. The third kappa shape index (κ3) is 4.22. The predicted octanol–water partition coefficient (Wildman–Crippen LogP) is 4.28. The number of hydrogen-bond acceptors (Lipinski definition) is 4. The largest absolute Gasteiger partial charge is 0.496 e. The Balaban J connectivity index is 1.35. The first-order valence-corrected chi connectivity index (χ1v) is 11.3. The number of amides is 1. The summed E-state index contributed by atoms with van der Waals surface area (Å²) < 4.78 is 7.57. The number of rotatable bonds is 5. The van der Waals surface area contributed by atoms with Crippen LogP contribution in [0.2, 0.25) is 0 Å². The molecule has 5 rings (SSSR count). The Bertz CT molecular complexity index is 1270. The van der Waals surface area contributed by atoms with E-state index < -0.39 is 0 Å². The fourth-order valence-corrected chi connectivity index (χ4v) is 4.45. The summed E-state index contributed by atoms with van der Waals surface area (Å²) in [5.74, 6) is 0.653. The third-order valence-corrected chi connectivity index (χ3v) is 6.32. The number of carbonyl (C=O) groups is 1. The van der Waals surface area contributed by atoms with Crippen molar-refractivity contribution in [3.63, 3.8) is 0 Å². The predicted molar refractivity (Wildman–Crippen MR) is 130 cm³/mol. The van der Waals surface area contributed by atoms with E-state index in [2.05, 4.69) is 46.7 Å². The molecular weight excluding hydrogens is 412 g/mol. The van der Waals surface area contributed by atoms with Gasteiger partial charge in [-0.1, -0.05) is 48.0 Å². The third-order valence-electron chi connectivity index (χ3n) is 6.32. The molecule has 4 aromatic rings. The van der Waals surface area contributed by atoms with Gasteiger partial charge in [0, 0.05) is 44.5 Å². The lowest BCUT2D eigenvalue weighted by atomic mass is 10.1. The molecule has 2 aromatic heterocycles.